The third kappa shape index (κ3) is 3.27. The van der Waals surface area contributed by atoms with Crippen LogP contribution in [-0.4, -0.2) is 0 Å². The Morgan fingerprint density at radius 3 is 2.37 bits per heavy atom. The number of hydrogen-bond donors (Lipinski definition) is 1. The maximum absolute atomic E-state index is 5.62. The van der Waals surface area contributed by atoms with E-state index >= 15 is 0 Å². The average molecular weight is 257 g/mol. The van der Waals surface area contributed by atoms with Crippen molar-refractivity contribution in [1.82, 2.24) is 5.32 Å². The van der Waals surface area contributed by atoms with Gasteiger partial charge in [0.05, 0.1) is 0 Å². The van der Waals surface area contributed by atoms with E-state index < -0.39 is 0 Å². The van der Waals surface area contributed by atoms with Gasteiger partial charge in [0.15, 0.2) is 0 Å². The van der Waals surface area contributed by atoms with Crippen molar-refractivity contribution in [3.05, 3.63) is 59.0 Å². The standard InChI is InChI=1S/C17H23NO/c1-5-17(15-9-7-6-8-10-15)18-13(3)16-11-12(2)19-14(16)4/h6-11,13,17-18H,5H2,1-4H3. The molecule has 0 aliphatic heterocycles. The van der Waals surface area contributed by atoms with E-state index in [1.807, 2.05) is 13.8 Å². The first kappa shape index (κ1) is 13.9. The van der Waals surface area contributed by atoms with Crippen molar-refractivity contribution in [1.29, 1.82) is 0 Å². The Bertz CT molecular complexity index is 515. The molecule has 2 heteroatoms. The van der Waals surface area contributed by atoms with Gasteiger partial charge in [-0.25, -0.2) is 0 Å². The Labute approximate surface area is 115 Å². The van der Waals surface area contributed by atoms with Gasteiger partial charge in [-0.3, -0.25) is 0 Å². The van der Waals surface area contributed by atoms with E-state index in [-0.39, 0.29) is 0 Å². The van der Waals surface area contributed by atoms with Gasteiger partial charge >= 0.3 is 0 Å². The summed E-state index contributed by atoms with van der Waals surface area (Å²) in [7, 11) is 0. The molecule has 1 N–H and O–H groups in total. The minimum absolute atomic E-state index is 0.294. The van der Waals surface area contributed by atoms with E-state index in [4.69, 9.17) is 4.42 Å². The molecule has 1 heterocycles. The minimum Gasteiger partial charge on any atom is -0.466 e. The van der Waals surface area contributed by atoms with Gasteiger partial charge in [0, 0.05) is 17.6 Å². The fraction of sp³-hybridized carbons (Fsp3) is 0.412. The number of furan rings is 1. The molecule has 2 rings (SSSR count). The Morgan fingerprint density at radius 1 is 1.16 bits per heavy atom. The molecule has 102 valence electrons. The van der Waals surface area contributed by atoms with Gasteiger partial charge in [0.2, 0.25) is 0 Å². The topological polar surface area (TPSA) is 25.2 Å². The number of aryl methyl sites for hydroxylation is 2. The van der Waals surface area contributed by atoms with E-state index in [0.717, 1.165) is 17.9 Å². The largest absolute Gasteiger partial charge is 0.466 e. The molecule has 0 saturated carbocycles. The number of rotatable bonds is 5. The lowest BCUT2D eigenvalue weighted by atomic mass is 10.0. The summed E-state index contributed by atoms with van der Waals surface area (Å²) >= 11 is 0. The molecule has 0 fully saturated rings. The Morgan fingerprint density at radius 2 is 1.84 bits per heavy atom. The lowest BCUT2D eigenvalue weighted by molar-refractivity contribution is 0.444. The molecule has 0 saturated heterocycles. The molecule has 0 amide bonds. The normalized spacial score (nSPS) is 14.3. The minimum atomic E-state index is 0.294. The Balaban J connectivity index is 2.13. The lowest BCUT2D eigenvalue weighted by Crippen LogP contribution is -2.24. The monoisotopic (exact) mass is 257 g/mol. The number of nitrogens with one attached hydrogen (secondary N) is 1. The zero-order chi connectivity index (χ0) is 13.8. The molecule has 2 nitrogen and oxygen atoms in total. The van der Waals surface area contributed by atoms with E-state index in [2.05, 4.69) is 55.6 Å². The predicted octanol–water partition coefficient (Wildman–Crippen LogP) is 4.70. The summed E-state index contributed by atoms with van der Waals surface area (Å²) in [6.45, 7) is 8.44. The molecular formula is C17H23NO. The van der Waals surface area contributed by atoms with Crippen LogP contribution in [0.4, 0.5) is 0 Å². The van der Waals surface area contributed by atoms with Gasteiger partial charge in [-0.05, 0) is 38.8 Å². The van der Waals surface area contributed by atoms with Crippen molar-refractivity contribution in [2.45, 2.75) is 46.2 Å². The lowest BCUT2D eigenvalue weighted by Gasteiger charge is -2.22. The van der Waals surface area contributed by atoms with E-state index in [9.17, 15) is 0 Å². The predicted molar refractivity (Wildman–Crippen MR) is 79.2 cm³/mol. The highest BCUT2D eigenvalue weighted by molar-refractivity contribution is 5.25. The second kappa shape index (κ2) is 6.07. The molecule has 0 aliphatic rings. The fourth-order valence-corrected chi connectivity index (χ4v) is 2.61. The zero-order valence-corrected chi connectivity index (χ0v) is 12.2. The Hall–Kier alpha value is -1.54. The summed E-state index contributed by atoms with van der Waals surface area (Å²) in [6.07, 6.45) is 1.07. The summed E-state index contributed by atoms with van der Waals surface area (Å²) in [5.74, 6) is 1.99. The van der Waals surface area contributed by atoms with Crippen LogP contribution < -0.4 is 5.32 Å². The molecule has 1 aromatic heterocycles. The van der Waals surface area contributed by atoms with Gasteiger partial charge in [-0.1, -0.05) is 37.3 Å². The van der Waals surface area contributed by atoms with Crippen molar-refractivity contribution < 1.29 is 4.42 Å². The van der Waals surface area contributed by atoms with Crippen LogP contribution in [0.5, 0.6) is 0 Å². The number of benzene rings is 1. The second-order valence-corrected chi connectivity index (χ2v) is 5.13. The third-order valence-electron chi connectivity index (χ3n) is 3.61. The first-order valence-corrected chi connectivity index (χ1v) is 6.99. The van der Waals surface area contributed by atoms with Gasteiger partial charge in [-0.2, -0.15) is 0 Å². The maximum Gasteiger partial charge on any atom is 0.105 e. The zero-order valence-electron chi connectivity index (χ0n) is 12.2. The van der Waals surface area contributed by atoms with E-state index in [1.165, 1.54) is 11.1 Å². The van der Waals surface area contributed by atoms with Gasteiger partial charge in [0.25, 0.3) is 0 Å². The van der Waals surface area contributed by atoms with Crippen molar-refractivity contribution in [3.63, 3.8) is 0 Å². The van der Waals surface area contributed by atoms with Crippen LogP contribution in [0.25, 0.3) is 0 Å². The summed E-state index contributed by atoms with van der Waals surface area (Å²) < 4.78 is 5.62. The molecule has 0 radical (unpaired) electrons. The SMILES string of the molecule is CCC(NC(C)c1cc(C)oc1C)c1ccccc1. The average Bonchev–Trinajstić information content (AvgIpc) is 2.76. The van der Waals surface area contributed by atoms with Crippen LogP contribution in [-0.2, 0) is 0 Å². The molecule has 1 aromatic carbocycles. The molecule has 0 spiro atoms. The fourth-order valence-electron chi connectivity index (χ4n) is 2.61. The van der Waals surface area contributed by atoms with Crippen LogP contribution >= 0.6 is 0 Å². The van der Waals surface area contributed by atoms with E-state index in [1.54, 1.807) is 0 Å². The third-order valence-corrected chi connectivity index (χ3v) is 3.61. The first-order valence-electron chi connectivity index (χ1n) is 6.99. The highest BCUT2D eigenvalue weighted by Crippen LogP contribution is 2.25. The highest BCUT2D eigenvalue weighted by atomic mass is 16.3. The quantitative estimate of drug-likeness (QED) is 0.840. The van der Waals surface area contributed by atoms with Crippen molar-refractivity contribution in [2.75, 3.05) is 0 Å². The molecule has 2 aromatic rings. The molecule has 2 atom stereocenters. The van der Waals surface area contributed by atoms with Gasteiger partial charge in [0.1, 0.15) is 11.5 Å². The van der Waals surface area contributed by atoms with Crippen LogP contribution in [0.1, 0.15) is 55.0 Å². The molecular weight excluding hydrogens is 234 g/mol. The summed E-state index contributed by atoms with van der Waals surface area (Å²) in [5, 5.41) is 3.69. The Kier molecular flexibility index (Phi) is 4.43. The van der Waals surface area contributed by atoms with Crippen LogP contribution in [0, 0.1) is 13.8 Å². The van der Waals surface area contributed by atoms with Gasteiger partial charge in [-0.15, -0.1) is 0 Å². The van der Waals surface area contributed by atoms with Crippen molar-refractivity contribution in [2.24, 2.45) is 0 Å². The van der Waals surface area contributed by atoms with Crippen molar-refractivity contribution in [3.8, 4) is 0 Å². The summed E-state index contributed by atoms with van der Waals surface area (Å²) in [4.78, 5) is 0. The second-order valence-electron chi connectivity index (χ2n) is 5.13. The van der Waals surface area contributed by atoms with Gasteiger partial charge < -0.3 is 9.73 Å². The summed E-state index contributed by atoms with van der Waals surface area (Å²) in [6, 6.07) is 13.4. The maximum atomic E-state index is 5.62. The van der Waals surface area contributed by atoms with Crippen LogP contribution in [0.2, 0.25) is 0 Å². The van der Waals surface area contributed by atoms with Crippen LogP contribution in [0.3, 0.4) is 0 Å². The number of hydrogen-bond acceptors (Lipinski definition) is 2. The van der Waals surface area contributed by atoms with Crippen molar-refractivity contribution >= 4 is 0 Å². The molecule has 2 unspecified atom stereocenters. The summed E-state index contributed by atoms with van der Waals surface area (Å²) in [5.41, 5.74) is 2.60. The highest BCUT2D eigenvalue weighted by Gasteiger charge is 2.17. The molecule has 0 aliphatic carbocycles. The molecule has 0 bridgehead atoms. The first-order chi connectivity index (χ1) is 9.11. The smallest absolute Gasteiger partial charge is 0.105 e. The van der Waals surface area contributed by atoms with Crippen LogP contribution in [0.15, 0.2) is 40.8 Å². The molecule has 19 heavy (non-hydrogen) atoms. The van der Waals surface area contributed by atoms with E-state index in [0.29, 0.717) is 12.1 Å².